The van der Waals surface area contributed by atoms with Crippen molar-refractivity contribution < 1.29 is 4.92 Å². The van der Waals surface area contributed by atoms with Gasteiger partial charge in [0, 0.05) is 19.2 Å². The van der Waals surface area contributed by atoms with E-state index in [2.05, 4.69) is 31.4 Å². The van der Waals surface area contributed by atoms with Crippen LogP contribution in [-0.2, 0) is 19.6 Å². The first-order chi connectivity index (χ1) is 9.63. The number of nitro benzene ring substituents is 1. The van der Waals surface area contributed by atoms with Crippen molar-refractivity contribution >= 4 is 21.6 Å². The van der Waals surface area contributed by atoms with Gasteiger partial charge < -0.3 is 9.88 Å². The molecule has 0 unspecified atom stereocenters. The SMILES string of the molecule is CCn1cnnc1CNCc1cccc([N+](=O)[O-])c1Br. The molecule has 8 heteroatoms. The highest BCUT2D eigenvalue weighted by atomic mass is 79.9. The molecule has 1 aromatic carbocycles. The van der Waals surface area contributed by atoms with E-state index in [0.717, 1.165) is 17.9 Å². The Kier molecular flexibility index (Phi) is 4.80. The second kappa shape index (κ2) is 6.58. The number of nitrogens with one attached hydrogen (secondary N) is 1. The Morgan fingerprint density at radius 2 is 2.25 bits per heavy atom. The molecule has 1 heterocycles. The van der Waals surface area contributed by atoms with Crippen LogP contribution in [0.2, 0.25) is 0 Å². The van der Waals surface area contributed by atoms with E-state index in [1.165, 1.54) is 6.07 Å². The van der Waals surface area contributed by atoms with Crippen LogP contribution in [-0.4, -0.2) is 19.7 Å². The molecule has 0 atom stereocenters. The minimum absolute atomic E-state index is 0.0704. The molecular weight excluding hydrogens is 326 g/mol. The Hall–Kier alpha value is -1.80. The number of aryl methyl sites for hydroxylation is 1. The molecule has 0 aliphatic carbocycles. The van der Waals surface area contributed by atoms with Gasteiger partial charge in [-0.05, 0) is 28.4 Å². The maximum atomic E-state index is 10.9. The lowest BCUT2D eigenvalue weighted by atomic mass is 10.2. The lowest BCUT2D eigenvalue weighted by Gasteiger charge is -2.07. The second-order valence-corrected chi connectivity index (χ2v) is 4.94. The quantitative estimate of drug-likeness (QED) is 0.644. The zero-order valence-electron chi connectivity index (χ0n) is 10.9. The van der Waals surface area contributed by atoms with Crippen molar-refractivity contribution in [2.75, 3.05) is 0 Å². The predicted octanol–water partition coefficient (Wildman–Crippen LogP) is 2.26. The fourth-order valence-corrected chi connectivity index (χ4v) is 2.38. The molecule has 0 spiro atoms. The van der Waals surface area contributed by atoms with Crippen molar-refractivity contribution in [3.8, 4) is 0 Å². The van der Waals surface area contributed by atoms with Gasteiger partial charge in [0.05, 0.1) is 15.9 Å². The van der Waals surface area contributed by atoms with Gasteiger partial charge in [-0.15, -0.1) is 10.2 Å². The number of hydrogen-bond acceptors (Lipinski definition) is 5. The predicted molar refractivity (Wildman–Crippen MR) is 77.0 cm³/mol. The molecule has 0 aliphatic rings. The van der Waals surface area contributed by atoms with Gasteiger partial charge in [0.25, 0.3) is 5.69 Å². The smallest absolute Gasteiger partial charge is 0.283 e. The first kappa shape index (κ1) is 14.6. The first-order valence-corrected chi connectivity index (χ1v) is 6.92. The summed E-state index contributed by atoms with van der Waals surface area (Å²) in [5, 5.41) is 21.9. The third-order valence-electron chi connectivity index (χ3n) is 2.89. The third-order valence-corrected chi connectivity index (χ3v) is 3.81. The monoisotopic (exact) mass is 339 g/mol. The van der Waals surface area contributed by atoms with E-state index in [-0.39, 0.29) is 5.69 Å². The highest BCUT2D eigenvalue weighted by molar-refractivity contribution is 9.10. The van der Waals surface area contributed by atoms with Crippen LogP contribution in [0.25, 0.3) is 0 Å². The molecule has 0 saturated carbocycles. The standard InChI is InChI=1S/C12H14BrN5O2/c1-2-17-8-15-16-11(17)7-14-6-9-4-3-5-10(12(9)13)18(19)20/h3-5,8,14H,2,6-7H2,1H3. The van der Waals surface area contributed by atoms with Crippen molar-refractivity contribution in [2.45, 2.75) is 26.6 Å². The minimum atomic E-state index is -0.401. The van der Waals surface area contributed by atoms with Crippen LogP contribution in [0.1, 0.15) is 18.3 Å². The van der Waals surface area contributed by atoms with E-state index >= 15 is 0 Å². The van der Waals surface area contributed by atoms with Crippen molar-refractivity contribution in [1.82, 2.24) is 20.1 Å². The minimum Gasteiger partial charge on any atom is -0.317 e. The van der Waals surface area contributed by atoms with Crippen LogP contribution >= 0.6 is 15.9 Å². The summed E-state index contributed by atoms with van der Waals surface area (Å²) in [5.74, 6) is 0.842. The third kappa shape index (κ3) is 3.20. The molecule has 7 nitrogen and oxygen atoms in total. The summed E-state index contributed by atoms with van der Waals surface area (Å²) in [5.41, 5.74) is 0.905. The molecule has 0 amide bonds. The summed E-state index contributed by atoms with van der Waals surface area (Å²) in [6.45, 7) is 3.90. The van der Waals surface area contributed by atoms with E-state index in [1.54, 1.807) is 12.4 Å². The molecule has 0 bridgehead atoms. The second-order valence-electron chi connectivity index (χ2n) is 4.14. The Labute approximate surface area is 124 Å². The maximum absolute atomic E-state index is 10.9. The van der Waals surface area contributed by atoms with Crippen molar-refractivity contribution in [2.24, 2.45) is 0 Å². The fraction of sp³-hybridized carbons (Fsp3) is 0.333. The number of nitrogens with zero attached hydrogens (tertiary/aromatic N) is 4. The molecule has 20 heavy (non-hydrogen) atoms. The Bertz CT molecular complexity index is 614. The van der Waals surface area contributed by atoms with Gasteiger partial charge >= 0.3 is 0 Å². The van der Waals surface area contributed by atoms with Gasteiger partial charge in [0.2, 0.25) is 0 Å². The van der Waals surface area contributed by atoms with Gasteiger partial charge in [0.1, 0.15) is 12.2 Å². The number of benzene rings is 1. The molecule has 2 rings (SSSR count). The Balaban J connectivity index is 2.01. The van der Waals surface area contributed by atoms with Crippen LogP contribution in [0.15, 0.2) is 29.0 Å². The number of aromatic nitrogens is 3. The fourth-order valence-electron chi connectivity index (χ4n) is 1.83. The molecule has 0 saturated heterocycles. The van der Waals surface area contributed by atoms with Crippen LogP contribution < -0.4 is 5.32 Å². The number of halogens is 1. The molecule has 2 aromatic rings. The molecule has 106 valence electrons. The zero-order chi connectivity index (χ0) is 14.5. The molecular formula is C12H14BrN5O2. The van der Waals surface area contributed by atoms with Gasteiger partial charge in [-0.25, -0.2) is 0 Å². The number of nitro groups is 1. The summed E-state index contributed by atoms with van der Waals surface area (Å²) in [7, 11) is 0. The Morgan fingerprint density at radius 3 is 2.95 bits per heavy atom. The summed E-state index contributed by atoms with van der Waals surface area (Å²) >= 11 is 3.27. The molecule has 0 radical (unpaired) electrons. The lowest BCUT2D eigenvalue weighted by Crippen LogP contribution is -2.16. The van der Waals surface area contributed by atoms with Gasteiger partial charge in [-0.1, -0.05) is 12.1 Å². The Morgan fingerprint density at radius 1 is 1.45 bits per heavy atom. The summed E-state index contributed by atoms with van der Waals surface area (Å²) in [4.78, 5) is 10.5. The molecule has 1 aromatic heterocycles. The summed E-state index contributed by atoms with van der Waals surface area (Å²) in [6.07, 6.45) is 1.68. The van der Waals surface area contributed by atoms with Crippen molar-refractivity contribution in [3.05, 3.63) is 50.5 Å². The molecule has 0 aliphatic heterocycles. The van der Waals surface area contributed by atoms with Gasteiger partial charge in [-0.2, -0.15) is 0 Å². The van der Waals surface area contributed by atoms with Crippen LogP contribution in [0.3, 0.4) is 0 Å². The van der Waals surface area contributed by atoms with Crippen LogP contribution in [0, 0.1) is 10.1 Å². The largest absolute Gasteiger partial charge is 0.317 e. The van der Waals surface area contributed by atoms with E-state index in [0.29, 0.717) is 17.6 Å². The van der Waals surface area contributed by atoms with E-state index < -0.39 is 4.92 Å². The summed E-state index contributed by atoms with van der Waals surface area (Å²) < 4.78 is 2.45. The molecule has 0 fully saturated rings. The van der Waals surface area contributed by atoms with Crippen molar-refractivity contribution in [3.63, 3.8) is 0 Å². The number of hydrogen-bond donors (Lipinski definition) is 1. The molecule has 1 N–H and O–H groups in total. The average Bonchev–Trinajstić information content (AvgIpc) is 2.88. The van der Waals surface area contributed by atoms with E-state index in [1.807, 2.05) is 17.6 Å². The normalized spacial score (nSPS) is 10.7. The van der Waals surface area contributed by atoms with Crippen LogP contribution in [0.4, 0.5) is 5.69 Å². The van der Waals surface area contributed by atoms with Crippen molar-refractivity contribution in [1.29, 1.82) is 0 Å². The van der Waals surface area contributed by atoms with E-state index in [4.69, 9.17) is 0 Å². The highest BCUT2D eigenvalue weighted by Gasteiger charge is 2.14. The van der Waals surface area contributed by atoms with Gasteiger partial charge in [-0.3, -0.25) is 10.1 Å². The highest BCUT2D eigenvalue weighted by Crippen LogP contribution is 2.28. The van der Waals surface area contributed by atoms with Crippen LogP contribution in [0.5, 0.6) is 0 Å². The average molecular weight is 340 g/mol. The van der Waals surface area contributed by atoms with Gasteiger partial charge in [0.15, 0.2) is 0 Å². The zero-order valence-corrected chi connectivity index (χ0v) is 12.5. The topological polar surface area (TPSA) is 85.9 Å². The number of rotatable bonds is 6. The first-order valence-electron chi connectivity index (χ1n) is 6.12. The summed E-state index contributed by atoms with van der Waals surface area (Å²) in [6, 6.07) is 4.99. The van der Waals surface area contributed by atoms with E-state index in [9.17, 15) is 10.1 Å². The maximum Gasteiger partial charge on any atom is 0.283 e. The lowest BCUT2D eigenvalue weighted by molar-refractivity contribution is -0.385.